The van der Waals surface area contributed by atoms with Crippen LogP contribution in [0.3, 0.4) is 0 Å². The molecule has 0 radical (unpaired) electrons. The van der Waals surface area contributed by atoms with Crippen molar-refractivity contribution in [2.75, 3.05) is 6.61 Å². The summed E-state index contributed by atoms with van der Waals surface area (Å²) in [6.45, 7) is 1.96. The second-order valence-corrected chi connectivity index (χ2v) is 4.74. The molecule has 0 aliphatic heterocycles. The fraction of sp³-hybridized carbons (Fsp3) is 0.273. The molecule has 1 aromatic heterocycles. The van der Waals surface area contributed by atoms with Crippen LogP contribution in [0.4, 0.5) is 0 Å². The third-order valence-electron chi connectivity index (χ3n) is 2.31. The average molecular weight is 346 g/mol. The molecule has 1 N–H and O–H groups in total. The lowest BCUT2D eigenvalue weighted by Crippen LogP contribution is -2.23. The van der Waals surface area contributed by atoms with Crippen LogP contribution in [0.1, 0.15) is 6.92 Å². The number of fused-ring (bicyclic) bond motifs is 1. The predicted octanol–water partition coefficient (Wildman–Crippen LogP) is 1.50. The summed E-state index contributed by atoms with van der Waals surface area (Å²) in [7, 11) is 0. The monoisotopic (exact) mass is 346 g/mol. The number of nitrogens with one attached hydrogen (secondary N) is 1. The van der Waals surface area contributed by atoms with E-state index in [0.717, 1.165) is 9.09 Å². The van der Waals surface area contributed by atoms with Crippen molar-refractivity contribution in [3.05, 3.63) is 32.1 Å². The van der Waals surface area contributed by atoms with E-state index in [1.165, 1.54) is 4.68 Å². The second kappa shape index (κ2) is 4.91. The third-order valence-corrected chi connectivity index (χ3v) is 2.98. The van der Waals surface area contributed by atoms with Crippen molar-refractivity contribution < 1.29 is 9.53 Å². The van der Waals surface area contributed by atoms with Crippen molar-refractivity contribution in [1.29, 1.82) is 0 Å². The Bertz CT molecular complexity index is 615. The molecule has 0 bridgehead atoms. The zero-order chi connectivity index (χ0) is 12.4. The molecule has 0 unspecified atom stereocenters. The van der Waals surface area contributed by atoms with E-state index in [9.17, 15) is 9.59 Å². The number of aromatic nitrogens is 2. The van der Waals surface area contributed by atoms with E-state index in [1.807, 2.05) is 12.1 Å². The highest BCUT2D eigenvalue weighted by Gasteiger charge is 2.10. The van der Waals surface area contributed by atoms with Gasteiger partial charge in [0.25, 0.3) is 5.56 Å². The molecule has 0 saturated carbocycles. The molecule has 0 aliphatic carbocycles. The number of H-pyrrole nitrogens is 1. The van der Waals surface area contributed by atoms with E-state index in [0.29, 0.717) is 12.0 Å². The Labute approximate surface area is 111 Å². The number of hydrogen-bond donors (Lipinski definition) is 1. The van der Waals surface area contributed by atoms with Crippen LogP contribution in [-0.4, -0.2) is 22.4 Å². The highest BCUT2D eigenvalue weighted by atomic mass is 127. The maximum atomic E-state index is 11.9. The molecule has 1 heterocycles. The highest BCUT2D eigenvalue weighted by Crippen LogP contribution is 2.12. The summed E-state index contributed by atoms with van der Waals surface area (Å²) in [5.41, 5.74) is 0.520. The van der Waals surface area contributed by atoms with Crippen molar-refractivity contribution in [2.45, 2.75) is 13.5 Å². The third kappa shape index (κ3) is 2.51. The normalized spacial score (nSPS) is 10.7. The topological polar surface area (TPSA) is 64.1 Å². The standard InChI is InChI=1S/C11H11IN2O3/c1-2-17-10(15)6-14-11(16)8-5-7(12)3-4-9(8)13-14/h3-5,13H,2,6H2,1H3. The molecule has 5 nitrogen and oxygen atoms in total. The van der Waals surface area contributed by atoms with Gasteiger partial charge in [0.1, 0.15) is 6.54 Å². The van der Waals surface area contributed by atoms with Crippen LogP contribution < -0.4 is 5.56 Å². The van der Waals surface area contributed by atoms with Gasteiger partial charge in [-0.05, 0) is 47.7 Å². The van der Waals surface area contributed by atoms with Gasteiger partial charge < -0.3 is 4.74 Å². The number of nitrogens with zero attached hydrogens (tertiary/aromatic N) is 1. The Hall–Kier alpha value is -1.31. The Kier molecular flexibility index (Phi) is 3.51. The number of hydrogen-bond acceptors (Lipinski definition) is 3. The molecule has 90 valence electrons. The first-order chi connectivity index (χ1) is 8.11. The van der Waals surface area contributed by atoms with E-state index in [4.69, 9.17) is 4.74 Å². The van der Waals surface area contributed by atoms with Crippen molar-refractivity contribution >= 4 is 39.5 Å². The van der Waals surface area contributed by atoms with Gasteiger partial charge in [0.2, 0.25) is 0 Å². The van der Waals surface area contributed by atoms with Gasteiger partial charge in [0.05, 0.1) is 17.5 Å². The van der Waals surface area contributed by atoms with Crippen LogP contribution in [0.2, 0.25) is 0 Å². The van der Waals surface area contributed by atoms with Gasteiger partial charge in [-0.2, -0.15) is 0 Å². The highest BCUT2D eigenvalue weighted by molar-refractivity contribution is 14.1. The van der Waals surface area contributed by atoms with Gasteiger partial charge in [-0.25, -0.2) is 4.68 Å². The average Bonchev–Trinajstić information content (AvgIpc) is 2.57. The largest absolute Gasteiger partial charge is 0.465 e. The summed E-state index contributed by atoms with van der Waals surface area (Å²) < 4.78 is 7.04. The Balaban J connectivity index is 2.39. The molecular formula is C11H11IN2O3. The van der Waals surface area contributed by atoms with Crippen molar-refractivity contribution in [3.63, 3.8) is 0 Å². The van der Waals surface area contributed by atoms with Crippen molar-refractivity contribution in [2.24, 2.45) is 0 Å². The van der Waals surface area contributed by atoms with Crippen LogP contribution >= 0.6 is 22.6 Å². The van der Waals surface area contributed by atoms with Gasteiger partial charge in [-0.3, -0.25) is 14.7 Å². The Morgan fingerprint density at radius 2 is 2.29 bits per heavy atom. The minimum absolute atomic E-state index is 0.0854. The maximum absolute atomic E-state index is 11.9. The van der Waals surface area contributed by atoms with Gasteiger partial charge >= 0.3 is 5.97 Å². The lowest BCUT2D eigenvalue weighted by Gasteiger charge is -2.00. The number of benzene rings is 1. The van der Waals surface area contributed by atoms with Crippen LogP contribution in [0.25, 0.3) is 10.9 Å². The zero-order valence-corrected chi connectivity index (χ0v) is 11.4. The summed E-state index contributed by atoms with van der Waals surface area (Å²) in [5, 5.41) is 3.46. The first kappa shape index (κ1) is 12.2. The van der Waals surface area contributed by atoms with Crippen LogP contribution in [0.5, 0.6) is 0 Å². The molecule has 6 heteroatoms. The fourth-order valence-electron chi connectivity index (χ4n) is 1.58. The number of rotatable bonds is 3. The Morgan fingerprint density at radius 1 is 1.53 bits per heavy atom. The SMILES string of the molecule is CCOC(=O)Cn1[nH]c2ccc(I)cc2c1=O. The zero-order valence-electron chi connectivity index (χ0n) is 9.20. The quantitative estimate of drug-likeness (QED) is 0.677. The molecule has 1 aromatic carbocycles. The number of ether oxygens (including phenoxy) is 1. The summed E-state index contributed by atoms with van der Waals surface area (Å²) in [5.74, 6) is -0.421. The fourth-order valence-corrected chi connectivity index (χ4v) is 2.07. The van der Waals surface area contributed by atoms with Gasteiger partial charge in [0, 0.05) is 3.57 Å². The van der Waals surface area contributed by atoms with Crippen LogP contribution in [0, 0.1) is 3.57 Å². The van der Waals surface area contributed by atoms with E-state index in [2.05, 4.69) is 27.7 Å². The first-order valence-electron chi connectivity index (χ1n) is 5.15. The smallest absolute Gasteiger partial charge is 0.327 e. The molecule has 0 atom stereocenters. The second-order valence-electron chi connectivity index (χ2n) is 3.50. The molecule has 0 amide bonds. The number of carbonyl (C=O) groups excluding carboxylic acids is 1. The van der Waals surface area contributed by atoms with Gasteiger partial charge in [-0.15, -0.1) is 0 Å². The van der Waals surface area contributed by atoms with E-state index >= 15 is 0 Å². The molecular weight excluding hydrogens is 335 g/mol. The molecule has 0 aliphatic rings. The molecule has 0 fully saturated rings. The lowest BCUT2D eigenvalue weighted by molar-refractivity contribution is -0.144. The summed E-state index contributed by atoms with van der Waals surface area (Å²) >= 11 is 2.14. The summed E-state index contributed by atoms with van der Waals surface area (Å²) in [4.78, 5) is 23.2. The summed E-state index contributed by atoms with van der Waals surface area (Å²) in [6.07, 6.45) is 0. The van der Waals surface area contributed by atoms with E-state index in [-0.39, 0.29) is 12.1 Å². The maximum Gasteiger partial charge on any atom is 0.327 e. The van der Waals surface area contributed by atoms with Crippen LogP contribution in [-0.2, 0) is 16.1 Å². The van der Waals surface area contributed by atoms with E-state index in [1.54, 1.807) is 13.0 Å². The molecule has 0 saturated heterocycles. The Morgan fingerprint density at radius 3 is 3.00 bits per heavy atom. The first-order valence-corrected chi connectivity index (χ1v) is 6.23. The van der Waals surface area contributed by atoms with Crippen molar-refractivity contribution in [1.82, 2.24) is 9.78 Å². The van der Waals surface area contributed by atoms with Crippen molar-refractivity contribution in [3.8, 4) is 0 Å². The van der Waals surface area contributed by atoms with Gasteiger partial charge in [-0.1, -0.05) is 0 Å². The molecule has 0 spiro atoms. The van der Waals surface area contributed by atoms with E-state index < -0.39 is 5.97 Å². The lowest BCUT2D eigenvalue weighted by atomic mass is 10.3. The van der Waals surface area contributed by atoms with Gasteiger partial charge in [0.15, 0.2) is 0 Å². The number of halogens is 1. The predicted molar refractivity (Wildman–Crippen MR) is 71.9 cm³/mol. The minimum Gasteiger partial charge on any atom is -0.465 e. The minimum atomic E-state index is -0.421. The van der Waals surface area contributed by atoms with Crippen LogP contribution in [0.15, 0.2) is 23.0 Å². The molecule has 17 heavy (non-hydrogen) atoms. The number of carbonyl (C=O) groups is 1. The number of esters is 1. The molecule has 2 rings (SSSR count). The number of aromatic amines is 1. The summed E-state index contributed by atoms with van der Waals surface area (Å²) in [6, 6.07) is 5.50. The molecule has 2 aromatic rings.